The lowest BCUT2D eigenvalue weighted by Gasteiger charge is -2.43. The molecule has 1 aliphatic heterocycles. The lowest BCUT2D eigenvalue weighted by atomic mass is 9.80. The van der Waals surface area contributed by atoms with Crippen LogP contribution in [-0.4, -0.2) is 50.2 Å². The minimum atomic E-state index is 0.427. The number of nitrogens with zero attached hydrogens (tertiary/aromatic N) is 1. The first kappa shape index (κ1) is 13.3. The van der Waals surface area contributed by atoms with Crippen LogP contribution in [0.4, 0.5) is 0 Å². The maximum absolute atomic E-state index is 3.72. The molecule has 1 unspecified atom stereocenters. The van der Waals surface area contributed by atoms with Crippen LogP contribution in [0.1, 0.15) is 44.9 Å². The molecule has 2 aliphatic rings. The summed E-state index contributed by atoms with van der Waals surface area (Å²) in [4.78, 5) is 2.46. The van der Waals surface area contributed by atoms with Crippen LogP contribution in [-0.2, 0) is 0 Å². The molecular weight excluding hydrogens is 210 g/mol. The Morgan fingerprint density at radius 3 is 2.53 bits per heavy atom. The van der Waals surface area contributed by atoms with Gasteiger partial charge in [0.15, 0.2) is 0 Å². The molecule has 0 radical (unpaired) electrons. The summed E-state index contributed by atoms with van der Waals surface area (Å²) in [6.45, 7) is 3.53. The Morgan fingerprint density at radius 2 is 1.94 bits per heavy atom. The van der Waals surface area contributed by atoms with Gasteiger partial charge in [0.05, 0.1) is 0 Å². The standard InChI is InChI=1S/C14H29N3/c1-17(2)14(8-4-3-5-9-14)12-15-11-13-7-6-10-16-13/h13,15-16H,3-12H2,1-2H3. The van der Waals surface area contributed by atoms with Crippen LogP contribution >= 0.6 is 0 Å². The van der Waals surface area contributed by atoms with Gasteiger partial charge in [-0.05, 0) is 46.3 Å². The van der Waals surface area contributed by atoms with Gasteiger partial charge in [0.25, 0.3) is 0 Å². The van der Waals surface area contributed by atoms with Gasteiger partial charge in [0.1, 0.15) is 0 Å². The lowest BCUT2D eigenvalue weighted by Crippen LogP contribution is -2.54. The van der Waals surface area contributed by atoms with E-state index >= 15 is 0 Å². The summed E-state index contributed by atoms with van der Waals surface area (Å²) in [5.41, 5.74) is 0.427. The third kappa shape index (κ3) is 3.43. The fourth-order valence-electron chi connectivity index (χ4n) is 3.40. The quantitative estimate of drug-likeness (QED) is 0.763. The smallest absolute Gasteiger partial charge is 0.0327 e. The van der Waals surface area contributed by atoms with Gasteiger partial charge in [-0.25, -0.2) is 0 Å². The van der Waals surface area contributed by atoms with Crippen molar-refractivity contribution < 1.29 is 0 Å². The Bertz CT molecular complexity index is 216. The highest BCUT2D eigenvalue weighted by molar-refractivity contribution is 4.93. The molecule has 0 bridgehead atoms. The van der Waals surface area contributed by atoms with Crippen molar-refractivity contribution in [3.8, 4) is 0 Å². The number of hydrogen-bond donors (Lipinski definition) is 2. The Morgan fingerprint density at radius 1 is 1.18 bits per heavy atom. The van der Waals surface area contributed by atoms with Crippen LogP contribution in [0.2, 0.25) is 0 Å². The van der Waals surface area contributed by atoms with Crippen molar-refractivity contribution in [3.63, 3.8) is 0 Å². The van der Waals surface area contributed by atoms with Gasteiger partial charge in [-0.3, -0.25) is 0 Å². The third-order valence-corrected chi connectivity index (χ3v) is 4.74. The van der Waals surface area contributed by atoms with Crippen molar-refractivity contribution in [1.29, 1.82) is 0 Å². The second-order valence-electron chi connectivity index (χ2n) is 6.10. The molecule has 1 saturated heterocycles. The highest BCUT2D eigenvalue weighted by Crippen LogP contribution is 2.31. The van der Waals surface area contributed by atoms with Crippen LogP contribution < -0.4 is 10.6 Å². The number of hydrogen-bond acceptors (Lipinski definition) is 3. The molecule has 3 nitrogen and oxygen atoms in total. The zero-order chi connectivity index (χ0) is 12.1. The average molecular weight is 239 g/mol. The van der Waals surface area contributed by atoms with Crippen molar-refractivity contribution >= 4 is 0 Å². The summed E-state index contributed by atoms with van der Waals surface area (Å²) in [5, 5.41) is 7.28. The topological polar surface area (TPSA) is 27.3 Å². The van der Waals surface area contributed by atoms with E-state index < -0.39 is 0 Å². The molecule has 3 heteroatoms. The lowest BCUT2D eigenvalue weighted by molar-refractivity contribution is 0.0982. The maximum Gasteiger partial charge on any atom is 0.0327 e. The second-order valence-corrected chi connectivity index (χ2v) is 6.10. The molecule has 1 saturated carbocycles. The number of rotatable bonds is 5. The van der Waals surface area contributed by atoms with Crippen molar-refractivity contribution in [2.45, 2.75) is 56.5 Å². The molecule has 17 heavy (non-hydrogen) atoms. The van der Waals surface area contributed by atoms with Crippen LogP contribution in [0.25, 0.3) is 0 Å². The van der Waals surface area contributed by atoms with Gasteiger partial charge in [-0.15, -0.1) is 0 Å². The summed E-state index contributed by atoms with van der Waals surface area (Å²) >= 11 is 0. The van der Waals surface area contributed by atoms with E-state index in [0.29, 0.717) is 5.54 Å². The molecule has 0 amide bonds. The molecule has 1 heterocycles. The Balaban J connectivity index is 1.76. The van der Waals surface area contributed by atoms with E-state index in [2.05, 4.69) is 29.6 Å². The molecular formula is C14H29N3. The van der Waals surface area contributed by atoms with E-state index in [4.69, 9.17) is 0 Å². The number of likely N-dealkylation sites (N-methyl/N-ethyl adjacent to an activating group) is 1. The van der Waals surface area contributed by atoms with Gasteiger partial charge in [0.2, 0.25) is 0 Å². The Labute approximate surface area is 106 Å². The molecule has 0 aromatic rings. The van der Waals surface area contributed by atoms with E-state index in [1.807, 2.05) is 0 Å². The summed E-state index contributed by atoms with van der Waals surface area (Å²) in [7, 11) is 4.50. The van der Waals surface area contributed by atoms with Crippen LogP contribution in [0.3, 0.4) is 0 Å². The minimum Gasteiger partial charge on any atom is -0.313 e. The molecule has 0 aromatic carbocycles. The predicted octanol–water partition coefficient (Wildman–Crippen LogP) is 1.59. The first-order valence-electron chi connectivity index (χ1n) is 7.34. The zero-order valence-electron chi connectivity index (χ0n) is 11.6. The maximum atomic E-state index is 3.72. The average Bonchev–Trinajstić information content (AvgIpc) is 2.83. The molecule has 0 aromatic heterocycles. The summed E-state index contributed by atoms with van der Waals surface area (Å²) in [6.07, 6.45) is 9.67. The largest absolute Gasteiger partial charge is 0.313 e. The van der Waals surface area contributed by atoms with Crippen LogP contribution in [0.15, 0.2) is 0 Å². The van der Waals surface area contributed by atoms with Crippen molar-refractivity contribution in [3.05, 3.63) is 0 Å². The van der Waals surface area contributed by atoms with Gasteiger partial charge >= 0.3 is 0 Å². The zero-order valence-corrected chi connectivity index (χ0v) is 11.6. The molecule has 1 aliphatic carbocycles. The normalized spacial score (nSPS) is 28.8. The summed E-state index contributed by atoms with van der Waals surface area (Å²) in [6, 6.07) is 0.720. The Kier molecular flexibility index (Phi) is 4.83. The van der Waals surface area contributed by atoms with Gasteiger partial charge in [-0.1, -0.05) is 19.3 Å². The molecule has 100 valence electrons. The van der Waals surface area contributed by atoms with Crippen LogP contribution in [0.5, 0.6) is 0 Å². The van der Waals surface area contributed by atoms with E-state index in [1.54, 1.807) is 0 Å². The van der Waals surface area contributed by atoms with E-state index in [9.17, 15) is 0 Å². The fourth-order valence-corrected chi connectivity index (χ4v) is 3.40. The van der Waals surface area contributed by atoms with Crippen molar-refractivity contribution in [1.82, 2.24) is 15.5 Å². The van der Waals surface area contributed by atoms with Gasteiger partial charge < -0.3 is 15.5 Å². The van der Waals surface area contributed by atoms with E-state index in [1.165, 1.54) is 51.5 Å². The molecule has 2 N–H and O–H groups in total. The second kappa shape index (κ2) is 6.17. The Hall–Kier alpha value is -0.120. The SMILES string of the molecule is CN(C)C1(CNCC2CCCN2)CCCCC1. The van der Waals surface area contributed by atoms with Gasteiger partial charge in [0, 0.05) is 24.7 Å². The van der Waals surface area contributed by atoms with E-state index in [-0.39, 0.29) is 0 Å². The highest BCUT2D eigenvalue weighted by atomic mass is 15.2. The van der Waals surface area contributed by atoms with Gasteiger partial charge in [-0.2, -0.15) is 0 Å². The highest BCUT2D eigenvalue weighted by Gasteiger charge is 2.33. The molecule has 2 rings (SSSR count). The summed E-state index contributed by atoms with van der Waals surface area (Å²) in [5.74, 6) is 0. The molecule has 2 fully saturated rings. The summed E-state index contributed by atoms with van der Waals surface area (Å²) < 4.78 is 0. The fraction of sp³-hybridized carbons (Fsp3) is 1.00. The molecule has 1 atom stereocenters. The van der Waals surface area contributed by atoms with Crippen LogP contribution in [0, 0.1) is 0 Å². The monoisotopic (exact) mass is 239 g/mol. The molecule has 0 spiro atoms. The van der Waals surface area contributed by atoms with Crippen molar-refractivity contribution in [2.75, 3.05) is 33.7 Å². The van der Waals surface area contributed by atoms with E-state index in [0.717, 1.165) is 19.1 Å². The first-order chi connectivity index (χ1) is 8.23. The predicted molar refractivity (Wildman–Crippen MR) is 73.4 cm³/mol. The third-order valence-electron chi connectivity index (χ3n) is 4.74. The minimum absolute atomic E-state index is 0.427. The first-order valence-corrected chi connectivity index (χ1v) is 7.34. The van der Waals surface area contributed by atoms with Crippen molar-refractivity contribution in [2.24, 2.45) is 0 Å². The number of nitrogens with one attached hydrogen (secondary N) is 2.